The number of amides is 2. The molecular formula is C16H23N5O4. The number of alkyl carbamates (subject to hydrolysis) is 1. The van der Waals surface area contributed by atoms with Crippen molar-refractivity contribution in [3.63, 3.8) is 0 Å². The zero-order valence-electron chi connectivity index (χ0n) is 15.0. The van der Waals surface area contributed by atoms with E-state index >= 15 is 0 Å². The minimum atomic E-state index is -0.599. The summed E-state index contributed by atoms with van der Waals surface area (Å²) in [6.07, 6.45) is -0.561. The second kappa shape index (κ2) is 6.96. The largest absolute Gasteiger partial charge is 0.444 e. The monoisotopic (exact) mass is 349 g/mol. The van der Waals surface area contributed by atoms with Gasteiger partial charge in [-0.15, -0.1) is 0 Å². The van der Waals surface area contributed by atoms with Crippen molar-refractivity contribution in [3.05, 3.63) is 22.1 Å². The van der Waals surface area contributed by atoms with Gasteiger partial charge in [0.1, 0.15) is 11.0 Å². The van der Waals surface area contributed by atoms with Gasteiger partial charge >= 0.3 is 6.09 Å². The molecule has 0 unspecified atom stereocenters. The molecule has 0 atom stereocenters. The molecule has 2 amide bonds. The van der Waals surface area contributed by atoms with Crippen LogP contribution in [0.15, 0.2) is 10.9 Å². The predicted molar refractivity (Wildman–Crippen MR) is 93.6 cm³/mol. The second-order valence-electron chi connectivity index (χ2n) is 6.74. The Bertz CT molecular complexity index is 860. The van der Waals surface area contributed by atoms with Crippen LogP contribution in [0.25, 0.3) is 10.9 Å². The molecule has 9 heteroatoms. The molecule has 3 N–H and O–H groups in total. The highest BCUT2D eigenvalue weighted by atomic mass is 16.6. The number of nitrogens with one attached hydrogen (secondary N) is 3. The fraction of sp³-hybridized carbons (Fsp3) is 0.500. The first-order valence-electron chi connectivity index (χ1n) is 7.90. The number of nitrogens with zero attached hydrogens (tertiary/aromatic N) is 2. The van der Waals surface area contributed by atoms with Gasteiger partial charge in [-0.05, 0) is 33.8 Å². The number of aromatic nitrogens is 3. The third kappa shape index (κ3) is 4.59. The number of pyridine rings is 1. The lowest BCUT2D eigenvalue weighted by molar-refractivity contribution is -0.116. The third-order valence-corrected chi connectivity index (χ3v) is 3.47. The maximum Gasteiger partial charge on any atom is 0.407 e. The van der Waals surface area contributed by atoms with E-state index in [9.17, 15) is 14.4 Å². The van der Waals surface area contributed by atoms with Gasteiger partial charge in [-0.25, -0.2) is 4.79 Å². The number of carbonyl (C=O) groups excluding carboxylic acids is 2. The molecular weight excluding hydrogens is 326 g/mol. The minimum Gasteiger partial charge on any atom is -0.444 e. The van der Waals surface area contributed by atoms with Crippen molar-refractivity contribution >= 4 is 28.7 Å². The van der Waals surface area contributed by atoms with Crippen LogP contribution in [0.4, 0.5) is 10.6 Å². The van der Waals surface area contributed by atoms with E-state index in [2.05, 4.69) is 20.8 Å². The SMILES string of the molecule is Cc1cc2[nH]nc(NC(=O)CCNC(=O)OC(C)(C)C)c2c(=O)n1C. The van der Waals surface area contributed by atoms with E-state index in [1.165, 1.54) is 4.57 Å². The van der Waals surface area contributed by atoms with Gasteiger partial charge in [0.2, 0.25) is 5.91 Å². The summed E-state index contributed by atoms with van der Waals surface area (Å²) in [5.41, 5.74) is 0.493. The van der Waals surface area contributed by atoms with Crippen LogP contribution in [0.1, 0.15) is 32.9 Å². The third-order valence-electron chi connectivity index (χ3n) is 3.47. The maximum atomic E-state index is 12.3. The molecule has 0 fully saturated rings. The lowest BCUT2D eigenvalue weighted by Crippen LogP contribution is -2.34. The van der Waals surface area contributed by atoms with Crippen LogP contribution in [0.5, 0.6) is 0 Å². The number of H-pyrrole nitrogens is 1. The van der Waals surface area contributed by atoms with E-state index < -0.39 is 11.7 Å². The summed E-state index contributed by atoms with van der Waals surface area (Å²) in [6.45, 7) is 7.18. The van der Waals surface area contributed by atoms with Gasteiger partial charge in [0.25, 0.3) is 5.56 Å². The zero-order valence-corrected chi connectivity index (χ0v) is 15.0. The van der Waals surface area contributed by atoms with Crippen LogP contribution in [0.3, 0.4) is 0 Å². The molecule has 0 radical (unpaired) electrons. The van der Waals surface area contributed by atoms with Crippen molar-refractivity contribution < 1.29 is 14.3 Å². The molecule has 2 aromatic heterocycles. The smallest absolute Gasteiger partial charge is 0.407 e. The maximum absolute atomic E-state index is 12.3. The average Bonchev–Trinajstić information content (AvgIpc) is 2.85. The van der Waals surface area contributed by atoms with Crippen LogP contribution < -0.4 is 16.2 Å². The van der Waals surface area contributed by atoms with Crippen LogP contribution in [0, 0.1) is 6.92 Å². The van der Waals surface area contributed by atoms with Gasteiger partial charge < -0.3 is 19.9 Å². The molecule has 9 nitrogen and oxygen atoms in total. The Morgan fingerprint density at radius 3 is 2.68 bits per heavy atom. The Morgan fingerprint density at radius 2 is 2.04 bits per heavy atom. The van der Waals surface area contributed by atoms with Crippen molar-refractivity contribution in [3.8, 4) is 0 Å². The highest BCUT2D eigenvalue weighted by molar-refractivity contribution is 5.99. The summed E-state index contributed by atoms with van der Waals surface area (Å²) in [5, 5.41) is 12.1. The minimum absolute atomic E-state index is 0.0276. The van der Waals surface area contributed by atoms with Gasteiger partial charge in [-0.2, -0.15) is 5.10 Å². The van der Waals surface area contributed by atoms with E-state index in [0.29, 0.717) is 10.9 Å². The number of anilines is 1. The van der Waals surface area contributed by atoms with Gasteiger partial charge in [0.15, 0.2) is 5.82 Å². The van der Waals surface area contributed by atoms with Crippen molar-refractivity contribution in [2.24, 2.45) is 7.05 Å². The molecule has 0 aromatic carbocycles. The van der Waals surface area contributed by atoms with Gasteiger partial charge in [-0.1, -0.05) is 0 Å². The second-order valence-corrected chi connectivity index (χ2v) is 6.74. The molecule has 25 heavy (non-hydrogen) atoms. The quantitative estimate of drug-likeness (QED) is 0.771. The van der Waals surface area contributed by atoms with Crippen LogP contribution in [-0.2, 0) is 16.6 Å². The number of aromatic amines is 1. The Morgan fingerprint density at radius 1 is 1.36 bits per heavy atom. The Balaban J connectivity index is 1.98. The Kier molecular flexibility index (Phi) is 5.15. The fourth-order valence-electron chi connectivity index (χ4n) is 2.19. The van der Waals surface area contributed by atoms with Gasteiger partial charge in [-0.3, -0.25) is 14.7 Å². The Labute approximate surface area is 144 Å². The fourth-order valence-corrected chi connectivity index (χ4v) is 2.19. The summed E-state index contributed by atoms with van der Waals surface area (Å²) in [6, 6.07) is 1.78. The summed E-state index contributed by atoms with van der Waals surface area (Å²) in [4.78, 5) is 35.9. The standard InChI is InChI=1S/C16H23N5O4/c1-9-8-10-12(14(23)21(9)5)13(20-19-10)18-11(22)6-7-17-15(24)25-16(2,3)4/h8H,6-7H2,1-5H3,(H,17,24)(H2,18,19,20,22). The van der Waals surface area contributed by atoms with E-state index in [1.807, 2.05) is 6.92 Å². The normalized spacial score (nSPS) is 11.4. The van der Waals surface area contributed by atoms with E-state index in [-0.39, 0.29) is 30.2 Å². The van der Waals surface area contributed by atoms with Gasteiger partial charge in [0, 0.05) is 25.7 Å². The molecule has 0 aliphatic carbocycles. The molecule has 2 heterocycles. The number of hydrogen-bond acceptors (Lipinski definition) is 5. The van der Waals surface area contributed by atoms with Crippen molar-refractivity contribution in [1.29, 1.82) is 0 Å². The first kappa shape index (κ1) is 18.5. The summed E-state index contributed by atoms with van der Waals surface area (Å²) >= 11 is 0. The predicted octanol–water partition coefficient (Wildman–Crippen LogP) is 1.42. The molecule has 0 spiro atoms. The molecule has 0 saturated heterocycles. The molecule has 0 aliphatic heterocycles. The van der Waals surface area contributed by atoms with E-state index in [4.69, 9.17) is 4.74 Å². The molecule has 2 rings (SSSR count). The highest BCUT2D eigenvalue weighted by Crippen LogP contribution is 2.17. The molecule has 2 aromatic rings. The van der Waals surface area contributed by atoms with Crippen molar-refractivity contribution in [1.82, 2.24) is 20.1 Å². The van der Waals surface area contributed by atoms with Crippen LogP contribution in [0.2, 0.25) is 0 Å². The number of fused-ring (bicyclic) bond motifs is 1. The highest BCUT2D eigenvalue weighted by Gasteiger charge is 2.17. The molecule has 136 valence electrons. The number of carbonyl (C=O) groups is 2. The first-order valence-corrected chi connectivity index (χ1v) is 7.90. The lowest BCUT2D eigenvalue weighted by Gasteiger charge is -2.19. The summed E-state index contributed by atoms with van der Waals surface area (Å²) < 4.78 is 6.56. The molecule has 0 bridgehead atoms. The lowest BCUT2D eigenvalue weighted by atomic mass is 10.2. The number of aryl methyl sites for hydroxylation is 1. The van der Waals surface area contributed by atoms with Crippen molar-refractivity contribution in [2.75, 3.05) is 11.9 Å². The van der Waals surface area contributed by atoms with Crippen LogP contribution >= 0.6 is 0 Å². The zero-order chi connectivity index (χ0) is 18.8. The number of ether oxygens (including phenoxy) is 1. The molecule has 0 aliphatic rings. The summed E-state index contributed by atoms with van der Waals surface area (Å²) in [7, 11) is 1.65. The number of hydrogen-bond donors (Lipinski definition) is 3. The van der Waals surface area contributed by atoms with Gasteiger partial charge in [0.05, 0.1) is 5.52 Å². The van der Waals surface area contributed by atoms with E-state index in [0.717, 1.165) is 5.69 Å². The Hall–Kier alpha value is -2.84. The average molecular weight is 349 g/mol. The molecule has 0 saturated carbocycles. The topological polar surface area (TPSA) is 118 Å². The van der Waals surface area contributed by atoms with E-state index in [1.54, 1.807) is 33.9 Å². The first-order chi connectivity index (χ1) is 11.6. The van der Waals surface area contributed by atoms with Crippen molar-refractivity contribution in [2.45, 2.75) is 39.7 Å². The number of rotatable bonds is 4. The van der Waals surface area contributed by atoms with Crippen LogP contribution in [-0.4, -0.2) is 38.9 Å². The summed E-state index contributed by atoms with van der Waals surface area (Å²) in [5.74, 6) is -0.190.